The fraction of sp³-hybridized carbons (Fsp3) is 0.417. The molecule has 0 aliphatic carbocycles. The predicted molar refractivity (Wildman–Crippen MR) is 59.0 cm³/mol. The van der Waals surface area contributed by atoms with E-state index in [2.05, 4.69) is 4.89 Å². The SMILES string of the molecule is COCC(C)OOC(=O)c1ccc(C)cc1. The number of ether oxygens (including phenoxy) is 1. The Morgan fingerprint density at radius 3 is 2.50 bits per heavy atom. The van der Waals surface area contributed by atoms with Gasteiger partial charge in [0, 0.05) is 7.11 Å². The first kappa shape index (κ1) is 12.7. The lowest BCUT2D eigenvalue weighted by molar-refractivity contribution is -0.276. The molecule has 0 aromatic heterocycles. The first-order valence-corrected chi connectivity index (χ1v) is 5.06. The summed E-state index contributed by atoms with van der Waals surface area (Å²) in [7, 11) is 1.56. The second-order valence-corrected chi connectivity index (χ2v) is 3.60. The van der Waals surface area contributed by atoms with E-state index in [-0.39, 0.29) is 6.10 Å². The van der Waals surface area contributed by atoms with Crippen molar-refractivity contribution in [2.45, 2.75) is 20.0 Å². The van der Waals surface area contributed by atoms with Gasteiger partial charge in [0.2, 0.25) is 0 Å². The topological polar surface area (TPSA) is 44.8 Å². The Kier molecular flexibility index (Phi) is 4.95. The minimum Gasteiger partial charge on any atom is -0.382 e. The zero-order valence-electron chi connectivity index (χ0n) is 9.73. The van der Waals surface area contributed by atoms with Crippen molar-refractivity contribution in [1.82, 2.24) is 0 Å². The number of carbonyl (C=O) groups excluding carboxylic acids is 1. The number of hydrogen-bond donors (Lipinski definition) is 0. The molecule has 0 spiro atoms. The Labute approximate surface area is 95.1 Å². The van der Waals surface area contributed by atoms with Crippen LogP contribution in [0.4, 0.5) is 0 Å². The molecule has 1 atom stereocenters. The molecule has 4 nitrogen and oxygen atoms in total. The van der Waals surface area contributed by atoms with E-state index in [9.17, 15) is 4.79 Å². The lowest BCUT2D eigenvalue weighted by Crippen LogP contribution is -2.18. The molecule has 1 rings (SSSR count). The molecule has 0 N–H and O–H groups in total. The largest absolute Gasteiger partial charge is 0.382 e. The number of hydrogen-bond acceptors (Lipinski definition) is 4. The first-order valence-electron chi connectivity index (χ1n) is 5.06. The third-order valence-electron chi connectivity index (χ3n) is 1.98. The molecule has 0 radical (unpaired) electrons. The van der Waals surface area contributed by atoms with Gasteiger partial charge in [-0.2, -0.15) is 4.89 Å². The molecule has 88 valence electrons. The molecule has 0 bridgehead atoms. The number of methoxy groups -OCH3 is 1. The van der Waals surface area contributed by atoms with E-state index in [1.54, 1.807) is 26.2 Å². The van der Waals surface area contributed by atoms with Gasteiger partial charge in [-0.25, -0.2) is 4.79 Å². The van der Waals surface area contributed by atoms with Crippen LogP contribution in [0.1, 0.15) is 22.8 Å². The van der Waals surface area contributed by atoms with Crippen LogP contribution in [0.2, 0.25) is 0 Å². The zero-order valence-corrected chi connectivity index (χ0v) is 9.73. The lowest BCUT2D eigenvalue weighted by Gasteiger charge is -2.09. The van der Waals surface area contributed by atoms with Crippen LogP contribution in [0.15, 0.2) is 24.3 Å². The number of benzene rings is 1. The Morgan fingerprint density at radius 1 is 1.31 bits per heavy atom. The van der Waals surface area contributed by atoms with E-state index in [4.69, 9.17) is 9.62 Å². The van der Waals surface area contributed by atoms with Gasteiger partial charge in [-0.1, -0.05) is 17.7 Å². The van der Waals surface area contributed by atoms with Crippen LogP contribution in [0.25, 0.3) is 0 Å². The normalized spacial score (nSPS) is 12.2. The molecule has 1 aromatic carbocycles. The van der Waals surface area contributed by atoms with Gasteiger partial charge < -0.3 is 4.74 Å². The van der Waals surface area contributed by atoms with Crippen LogP contribution in [-0.2, 0) is 14.5 Å². The minimum absolute atomic E-state index is 0.278. The molecule has 4 heteroatoms. The van der Waals surface area contributed by atoms with E-state index in [0.29, 0.717) is 12.2 Å². The monoisotopic (exact) mass is 224 g/mol. The summed E-state index contributed by atoms with van der Waals surface area (Å²) in [5, 5.41) is 0. The highest BCUT2D eigenvalue weighted by atomic mass is 17.2. The van der Waals surface area contributed by atoms with Crippen LogP contribution in [-0.4, -0.2) is 25.8 Å². The molecule has 0 fully saturated rings. The van der Waals surface area contributed by atoms with Crippen molar-refractivity contribution in [2.24, 2.45) is 0 Å². The van der Waals surface area contributed by atoms with Crippen LogP contribution < -0.4 is 0 Å². The molecular formula is C12H16O4. The van der Waals surface area contributed by atoms with E-state index in [1.807, 2.05) is 19.1 Å². The number of carbonyl (C=O) groups is 1. The molecule has 0 saturated heterocycles. The van der Waals surface area contributed by atoms with Crippen molar-refractivity contribution >= 4 is 5.97 Å². The molecule has 16 heavy (non-hydrogen) atoms. The van der Waals surface area contributed by atoms with E-state index >= 15 is 0 Å². The van der Waals surface area contributed by atoms with E-state index < -0.39 is 5.97 Å². The molecule has 0 amide bonds. The maximum absolute atomic E-state index is 11.5. The standard InChI is InChI=1S/C12H16O4/c1-9-4-6-11(7-5-9)12(13)16-15-10(2)8-14-3/h4-7,10H,8H2,1-3H3. The first-order chi connectivity index (χ1) is 7.63. The van der Waals surface area contributed by atoms with Crippen molar-refractivity contribution in [3.63, 3.8) is 0 Å². The zero-order chi connectivity index (χ0) is 12.0. The van der Waals surface area contributed by atoms with Gasteiger partial charge in [0.25, 0.3) is 0 Å². The fourth-order valence-electron chi connectivity index (χ4n) is 1.13. The summed E-state index contributed by atoms with van der Waals surface area (Å²) < 4.78 is 4.84. The summed E-state index contributed by atoms with van der Waals surface area (Å²) in [4.78, 5) is 21.0. The average Bonchev–Trinajstić information content (AvgIpc) is 2.27. The number of aryl methyl sites for hydroxylation is 1. The quantitative estimate of drug-likeness (QED) is 0.567. The molecular weight excluding hydrogens is 208 g/mol. The van der Waals surface area contributed by atoms with Crippen LogP contribution in [0, 0.1) is 6.92 Å². The Hall–Kier alpha value is -1.39. The summed E-state index contributed by atoms with van der Waals surface area (Å²) in [6.45, 7) is 4.08. The third kappa shape index (κ3) is 4.00. The highest BCUT2D eigenvalue weighted by Gasteiger charge is 2.10. The molecule has 1 aromatic rings. The lowest BCUT2D eigenvalue weighted by atomic mass is 10.2. The maximum atomic E-state index is 11.5. The van der Waals surface area contributed by atoms with Gasteiger partial charge in [0.15, 0.2) is 0 Å². The summed E-state index contributed by atoms with van der Waals surface area (Å²) in [5.74, 6) is -0.497. The molecule has 0 heterocycles. The molecule has 0 aliphatic heterocycles. The van der Waals surface area contributed by atoms with Crippen molar-refractivity contribution < 1.29 is 19.3 Å². The Bertz CT molecular complexity index is 331. The van der Waals surface area contributed by atoms with Crippen molar-refractivity contribution in [3.05, 3.63) is 35.4 Å². The van der Waals surface area contributed by atoms with Gasteiger partial charge in [-0.15, -0.1) is 0 Å². The Morgan fingerprint density at radius 2 is 1.94 bits per heavy atom. The predicted octanol–water partition coefficient (Wildman–Crippen LogP) is 2.12. The van der Waals surface area contributed by atoms with E-state index in [1.165, 1.54) is 0 Å². The third-order valence-corrected chi connectivity index (χ3v) is 1.98. The van der Waals surface area contributed by atoms with Crippen molar-refractivity contribution in [3.8, 4) is 0 Å². The second kappa shape index (κ2) is 6.25. The van der Waals surface area contributed by atoms with Crippen molar-refractivity contribution in [2.75, 3.05) is 13.7 Å². The van der Waals surface area contributed by atoms with Gasteiger partial charge in [0.1, 0.15) is 6.10 Å². The summed E-state index contributed by atoms with van der Waals surface area (Å²) in [6, 6.07) is 7.08. The van der Waals surface area contributed by atoms with Crippen molar-refractivity contribution in [1.29, 1.82) is 0 Å². The van der Waals surface area contributed by atoms with Gasteiger partial charge in [-0.3, -0.25) is 4.89 Å². The minimum atomic E-state index is -0.497. The van der Waals surface area contributed by atoms with Gasteiger partial charge in [-0.05, 0) is 26.0 Å². The smallest absolute Gasteiger partial charge is 0.373 e. The second-order valence-electron chi connectivity index (χ2n) is 3.60. The van der Waals surface area contributed by atoms with Gasteiger partial charge >= 0.3 is 5.97 Å². The summed E-state index contributed by atoms with van der Waals surface area (Å²) >= 11 is 0. The molecule has 1 unspecified atom stereocenters. The van der Waals surface area contributed by atoms with Crippen LogP contribution in [0.3, 0.4) is 0 Å². The number of rotatable bonds is 5. The summed E-state index contributed by atoms with van der Waals surface area (Å²) in [6.07, 6.45) is -0.278. The maximum Gasteiger partial charge on any atom is 0.373 e. The highest BCUT2D eigenvalue weighted by molar-refractivity contribution is 5.88. The molecule has 0 aliphatic rings. The molecule has 0 saturated carbocycles. The van der Waals surface area contributed by atoms with Crippen LogP contribution >= 0.6 is 0 Å². The van der Waals surface area contributed by atoms with E-state index in [0.717, 1.165) is 5.56 Å². The average molecular weight is 224 g/mol. The van der Waals surface area contributed by atoms with Gasteiger partial charge in [0.05, 0.1) is 12.2 Å². The van der Waals surface area contributed by atoms with Crippen LogP contribution in [0.5, 0.6) is 0 Å². The highest BCUT2D eigenvalue weighted by Crippen LogP contribution is 2.06. The fourth-order valence-corrected chi connectivity index (χ4v) is 1.13. The Balaban J connectivity index is 2.43. The summed E-state index contributed by atoms with van der Waals surface area (Å²) in [5.41, 5.74) is 1.56.